The molecule has 0 unspecified atom stereocenters. The molecule has 0 saturated heterocycles. The van der Waals surface area contributed by atoms with E-state index in [4.69, 9.17) is 9.57 Å². The Labute approximate surface area is 180 Å². The van der Waals surface area contributed by atoms with Crippen LogP contribution in [-0.4, -0.2) is 53.2 Å². The molecule has 0 aliphatic carbocycles. The van der Waals surface area contributed by atoms with Gasteiger partial charge in [-0.3, -0.25) is 4.90 Å². The van der Waals surface area contributed by atoms with Crippen molar-refractivity contribution in [1.82, 2.24) is 4.90 Å². The summed E-state index contributed by atoms with van der Waals surface area (Å²) in [5.74, 6) is 0. The van der Waals surface area contributed by atoms with Crippen LogP contribution in [0.3, 0.4) is 0 Å². The minimum atomic E-state index is -0.564. The van der Waals surface area contributed by atoms with E-state index in [0.29, 0.717) is 19.7 Å². The van der Waals surface area contributed by atoms with Crippen LogP contribution in [0.2, 0.25) is 0 Å². The van der Waals surface area contributed by atoms with E-state index in [1.54, 1.807) is 0 Å². The van der Waals surface area contributed by atoms with Crippen LogP contribution in [0.5, 0.6) is 0 Å². The minimum absolute atomic E-state index is 0.0287. The van der Waals surface area contributed by atoms with Gasteiger partial charge >= 0.3 is 0 Å². The Balaban J connectivity index is 1.62. The lowest BCUT2D eigenvalue weighted by molar-refractivity contribution is -0.0600. The summed E-state index contributed by atoms with van der Waals surface area (Å²) >= 11 is 0. The first-order chi connectivity index (χ1) is 14.3. The van der Waals surface area contributed by atoms with Crippen molar-refractivity contribution in [2.45, 2.75) is 58.5 Å². The first-order valence-corrected chi connectivity index (χ1v) is 10.7. The van der Waals surface area contributed by atoms with Crippen molar-refractivity contribution in [1.29, 1.82) is 0 Å². The second-order valence-corrected chi connectivity index (χ2v) is 9.04. The molecule has 1 aliphatic rings. The molecule has 0 aromatic heterocycles. The van der Waals surface area contributed by atoms with Gasteiger partial charge in [-0.15, -0.1) is 0 Å². The van der Waals surface area contributed by atoms with Gasteiger partial charge in [0, 0.05) is 31.6 Å². The van der Waals surface area contributed by atoms with Crippen LogP contribution in [0.4, 0.5) is 0 Å². The minimum Gasteiger partial charge on any atom is -0.390 e. The lowest BCUT2D eigenvalue weighted by atomic mass is 10.00. The summed E-state index contributed by atoms with van der Waals surface area (Å²) in [7, 11) is 0. The Kier molecular flexibility index (Phi) is 7.64. The standard InChI is InChI=1S/C25H34N2O3/c1-19-10-8-9-13-23(19)24-14-22(30-26-24)17-27(15-20-11-6-5-7-12-20)16-21(28)18-29-25(2,3)4/h5-13,21-22,28H,14-18H2,1-4H3/t21-,22+/m0/s1. The number of hydrogen-bond donors (Lipinski definition) is 1. The summed E-state index contributed by atoms with van der Waals surface area (Å²) in [5, 5.41) is 14.9. The van der Waals surface area contributed by atoms with E-state index >= 15 is 0 Å². The lowest BCUT2D eigenvalue weighted by Gasteiger charge is -2.28. The van der Waals surface area contributed by atoms with Crippen molar-refractivity contribution in [2.75, 3.05) is 19.7 Å². The van der Waals surface area contributed by atoms with E-state index in [-0.39, 0.29) is 11.7 Å². The summed E-state index contributed by atoms with van der Waals surface area (Å²) in [5.41, 5.74) is 4.29. The number of ether oxygens (including phenoxy) is 1. The van der Waals surface area contributed by atoms with Gasteiger partial charge in [-0.1, -0.05) is 59.8 Å². The molecule has 3 rings (SSSR count). The van der Waals surface area contributed by atoms with Crippen molar-refractivity contribution in [3.63, 3.8) is 0 Å². The van der Waals surface area contributed by atoms with Crippen molar-refractivity contribution < 1.29 is 14.7 Å². The third kappa shape index (κ3) is 6.94. The Hall–Kier alpha value is -2.21. The Bertz CT molecular complexity index is 830. The smallest absolute Gasteiger partial charge is 0.145 e. The molecule has 2 aromatic rings. The SMILES string of the molecule is Cc1ccccc1C1=NO[C@@H](CN(Cc2ccccc2)C[C@H](O)COC(C)(C)C)C1. The van der Waals surface area contributed by atoms with Gasteiger partial charge in [0.1, 0.15) is 6.10 Å². The zero-order valence-corrected chi connectivity index (χ0v) is 18.5. The topological polar surface area (TPSA) is 54.3 Å². The molecular weight excluding hydrogens is 376 g/mol. The predicted molar refractivity (Wildman–Crippen MR) is 121 cm³/mol. The quantitative estimate of drug-likeness (QED) is 0.674. The number of aliphatic hydroxyl groups is 1. The summed E-state index contributed by atoms with van der Waals surface area (Å²) in [6.45, 7) is 10.4. The molecule has 0 fully saturated rings. The molecule has 5 nitrogen and oxygen atoms in total. The fourth-order valence-electron chi connectivity index (χ4n) is 3.61. The predicted octanol–water partition coefficient (Wildman–Crippen LogP) is 4.17. The van der Waals surface area contributed by atoms with Gasteiger partial charge in [0.25, 0.3) is 0 Å². The van der Waals surface area contributed by atoms with Crippen molar-refractivity contribution in [3.8, 4) is 0 Å². The highest BCUT2D eigenvalue weighted by Gasteiger charge is 2.26. The van der Waals surface area contributed by atoms with Gasteiger partial charge in [-0.05, 0) is 38.8 Å². The van der Waals surface area contributed by atoms with Gasteiger partial charge in [0.15, 0.2) is 0 Å². The monoisotopic (exact) mass is 410 g/mol. The summed E-state index contributed by atoms with van der Waals surface area (Å²) in [4.78, 5) is 8.00. The average molecular weight is 411 g/mol. The fourth-order valence-corrected chi connectivity index (χ4v) is 3.61. The second kappa shape index (κ2) is 10.2. The Morgan fingerprint density at radius 1 is 1.13 bits per heavy atom. The Morgan fingerprint density at radius 3 is 2.53 bits per heavy atom. The fraction of sp³-hybridized carbons (Fsp3) is 0.480. The average Bonchev–Trinajstić information content (AvgIpc) is 3.15. The molecule has 5 heteroatoms. The zero-order chi connectivity index (χ0) is 21.6. The summed E-state index contributed by atoms with van der Waals surface area (Å²) in [6, 6.07) is 18.6. The van der Waals surface area contributed by atoms with Crippen LogP contribution in [-0.2, 0) is 16.1 Å². The van der Waals surface area contributed by atoms with E-state index < -0.39 is 6.10 Å². The highest BCUT2D eigenvalue weighted by Crippen LogP contribution is 2.21. The molecule has 0 spiro atoms. The van der Waals surface area contributed by atoms with Crippen LogP contribution in [0, 0.1) is 6.92 Å². The van der Waals surface area contributed by atoms with Crippen LogP contribution >= 0.6 is 0 Å². The molecule has 0 bridgehead atoms. The second-order valence-electron chi connectivity index (χ2n) is 9.04. The normalized spacial score (nSPS) is 17.7. The first-order valence-electron chi connectivity index (χ1n) is 10.7. The van der Waals surface area contributed by atoms with Crippen LogP contribution in [0.15, 0.2) is 59.8 Å². The highest BCUT2D eigenvalue weighted by atomic mass is 16.6. The maximum atomic E-state index is 10.6. The summed E-state index contributed by atoms with van der Waals surface area (Å²) in [6.07, 6.45) is 0.176. The molecule has 0 saturated carbocycles. The van der Waals surface area contributed by atoms with Crippen LogP contribution in [0.1, 0.15) is 43.9 Å². The number of nitrogens with zero attached hydrogens (tertiary/aromatic N) is 2. The van der Waals surface area contributed by atoms with Crippen LogP contribution < -0.4 is 0 Å². The van der Waals surface area contributed by atoms with Gasteiger partial charge < -0.3 is 14.7 Å². The molecular formula is C25H34N2O3. The molecule has 2 aromatic carbocycles. The zero-order valence-electron chi connectivity index (χ0n) is 18.5. The molecule has 1 aliphatic heterocycles. The number of hydrogen-bond acceptors (Lipinski definition) is 5. The molecule has 30 heavy (non-hydrogen) atoms. The molecule has 1 heterocycles. The molecule has 0 radical (unpaired) electrons. The molecule has 162 valence electrons. The lowest BCUT2D eigenvalue weighted by Crippen LogP contribution is -2.40. The number of rotatable bonds is 9. The molecule has 0 amide bonds. The van der Waals surface area contributed by atoms with Gasteiger partial charge in [-0.25, -0.2) is 0 Å². The van der Waals surface area contributed by atoms with E-state index in [1.165, 1.54) is 11.1 Å². The van der Waals surface area contributed by atoms with Crippen molar-refractivity contribution in [3.05, 3.63) is 71.3 Å². The largest absolute Gasteiger partial charge is 0.390 e. The maximum Gasteiger partial charge on any atom is 0.145 e. The summed E-state index contributed by atoms with van der Waals surface area (Å²) < 4.78 is 5.77. The molecule has 2 atom stereocenters. The van der Waals surface area contributed by atoms with E-state index in [9.17, 15) is 5.11 Å². The van der Waals surface area contributed by atoms with Gasteiger partial charge in [-0.2, -0.15) is 0 Å². The van der Waals surface area contributed by atoms with Crippen molar-refractivity contribution in [2.24, 2.45) is 5.16 Å². The number of aryl methyl sites for hydroxylation is 1. The van der Waals surface area contributed by atoms with E-state index in [2.05, 4.69) is 41.2 Å². The maximum absolute atomic E-state index is 10.6. The number of aliphatic hydroxyl groups excluding tert-OH is 1. The Morgan fingerprint density at radius 2 is 1.83 bits per heavy atom. The third-order valence-corrected chi connectivity index (χ3v) is 5.08. The third-order valence-electron chi connectivity index (χ3n) is 5.08. The van der Waals surface area contributed by atoms with Gasteiger partial charge in [0.2, 0.25) is 0 Å². The van der Waals surface area contributed by atoms with Gasteiger partial charge in [0.05, 0.1) is 24.0 Å². The van der Waals surface area contributed by atoms with E-state index in [0.717, 1.165) is 24.2 Å². The van der Waals surface area contributed by atoms with Crippen LogP contribution in [0.25, 0.3) is 0 Å². The van der Waals surface area contributed by atoms with Crippen molar-refractivity contribution >= 4 is 5.71 Å². The highest BCUT2D eigenvalue weighted by molar-refractivity contribution is 6.02. The number of oxime groups is 1. The van der Waals surface area contributed by atoms with E-state index in [1.807, 2.05) is 51.1 Å². The molecule has 1 N–H and O–H groups in total. The first kappa shape index (κ1) is 22.5. The number of benzene rings is 2.